The normalized spacial score (nSPS) is 10.0. The molecule has 15 heavy (non-hydrogen) atoms. The number of hydrogen-bond acceptors (Lipinski definition) is 1. The van der Waals surface area contributed by atoms with Gasteiger partial charge in [0.05, 0.1) is 7.11 Å². The molecule has 0 amide bonds. The fourth-order valence-corrected chi connectivity index (χ4v) is 1.98. The molecule has 2 aromatic rings. The van der Waals surface area contributed by atoms with Crippen LogP contribution in [0.2, 0.25) is 0 Å². The van der Waals surface area contributed by atoms with Crippen LogP contribution in [0.1, 0.15) is 0 Å². The Kier molecular flexibility index (Phi) is 3.07. The summed E-state index contributed by atoms with van der Waals surface area (Å²) in [6.45, 7) is 0. The van der Waals surface area contributed by atoms with Gasteiger partial charge in [0.2, 0.25) is 0 Å². The van der Waals surface area contributed by atoms with Crippen LogP contribution in [0.25, 0.3) is 11.1 Å². The second kappa shape index (κ2) is 4.49. The van der Waals surface area contributed by atoms with Crippen LogP contribution in [0.3, 0.4) is 0 Å². The molecule has 0 bridgehead atoms. The summed E-state index contributed by atoms with van der Waals surface area (Å²) in [5.74, 6) is 0.880. The third kappa shape index (κ3) is 2.21. The topological polar surface area (TPSA) is 9.23 Å². The van der Waals surface area contributed by atoms with E-state index in [1.807, 2.05) is 30.3 Å². The lowest BCUT2D eigenvalue weighted by Gasteiger charge is -2.05. The molecule has 1 nitrogen and oxygen atoms in total. The number of rotatable bonds is 2. The van der Waals surface area contributed by atoms with Crippen molar-refractivity contribution in [2.24, 2.45) is 0 Å². The molecule has 0 aliphatic rings. The van der Waals surface area contributed by atoms with E-state index in [0.717, 1.165) is 10.2 Å². The Bertz CT molecular complexity index is 448. The van der Waals surface area contributed by atoms with Crippen molar-refractivity contribution < 1.29 is 4.74 Å². The number of halogens is 1. The number of ether oxygens (including phenoxy) is 1. The fourth-order valence-electron chi connectivity index (χ4n) is 1.47. The molecule has 0 aliphatic carbocycles. The average molecular weight is 263 g/mol. The monoisotopic (exact) mass is 262 g/mol. The van der Waals surface area contributed by atoms with Crippen LogP contribution in [0.5, 0.6) is 5.75 Å². The maximum Gasteiger partial charge on any atom is 0.118 e. The van der Waals surface area contributed by atoms with Crippen molar-refractivity contribution in [2.45, 2.75) is 0 Å². The molecule has 0 atom stereocenters. The number of hydrogen-bond donors (Lipinski definition) is 0. The predicted molar refractivity (Wildman–Crippen MR) is 66.1 cm³/mol. The quantitative estimate of drug-likeness (QED) is 0.791. The third-order valence-electron chi connectivity index (χ3n) is 2.27. The SMILES string of the molecule is COc1ccc(-c2ccccc2Br)cc1. The van der Waals surface area contributed by atoms with Gasteiger partial charge in [-0.15, -0.1) is 0 Å². The molecule has 0 fully saturated rings. The Morgan fingerprint density at radius 3 is 2.20 bits per heavy atom. The van der Waals surface area contributed by atoms with E-state index in [9.17, 15) is 0 Å². The Morgan fingerprint density at radius 2 is 1.60 bits per heavy atom. The summed E-state index contributed by atoms with van der Waals surface area (Å²) < 4.78 is 6.23. The molecular formula is C13H11BrO. The lowest BCUT2D eigenvalue weighted by atomic mass is 10.1. The Hall–Kier alpha value is -1.28. The molecule has 0 spiro atoms. The molecule has 0 unspecified atom stereocenters. The van der Waals surface area contributed by atoms with E-state index in [-0.39, 0.29) is 0 Å². The Morgan fingerprint density at radius 1 is 0.933 bits per heavy atom. The van der Waals surface area contributed by atoms with Crippen molar-refractivity contribution in [3.8, 4) is 16.9 Å². The van der Waals surface area contributed by atoms with Crippen molar-refractivity contribution >= 4 is 15.9 Å². The molecule has 0 saturated heterocycles. The van der Waals surface area contributed by atoms with E-state index in [1.54, 1.807) is 7.11 Å². The summed E-state index contributed by atoms with van der Waals surface area (Å²) in [7, 11) is 1.67. The van der Waals surface area contributed by atoms with Crippen LogP contribution in [-0.4, -0.2) is 7.11 Å². The van der Waals surface area contributed by atoms with Crippen LogP contribution < -0.4 is 4.74 Å². The zero-order chi connectivity index (χ0) is 10.7. The Labute approximate surface area is 97.8 Å². The lowest BCUT2D eigenvalue weighted by molar-refractivity contribution is 0.415. The highest BCUT2D eigenvalue weighted by atomic mass is 79.9. The van der Waals surface area contributed by atoms with Crippen LogP contribution in [0.15, 0.2) is 53.0 Å². The minimum absolute atomic E-state index is 0.880. The number of methoxy groups -OCH3 is 1. The molecule has 76 valence electrons. The highest BCUT2D eigenvalue weighted by Crippen LogP contribution is 2.28. The second-order valence-corrected chi connectivity index (χ2v) is 4.06. The second-order valence-electron chi connectivity index (χ2n) is 3.21. The molecule has 0 saturated carbocycles. The van der Waals surface area contributed by atoms with Crippen molar-refractivity contribution in [3.63, 3.8) is 0 Å². The minimum Gasteiger partial charge on any atom is -0.497 e. The van der Waals surface area contributed by atoms with Gasteiger partial charge < -0.3 is 4.74 Å². The van der Waals surface area contributed by atoms with Gasteiger partial charge in [0.25, 0.3) is 0 Å². The van der Waals surface area contributed by atoms with Gasteiger partial charge in [-0.2, -0.15) is 0 Å². The predicted octanol–water partition coefficient (Wildman–Crippen LogP) is 4.12. The Balaban J connectivity index is 2.42. The first-order valence-corrected chi connectivity index (χ1v) is 5.49. The van der Waals surface area contributed by atoms with Gasteiger partial charge in [-0.05, 0) is 29.3 Å². The summed E-state index contributed by atoms with van der Waals surface area (Å²) in [4.78, 5) is 0. The smallest absolute Gasteiger partial charge is 0.118 e. The minimum atomic E-state index is 0.880. The van der Waals surface area contributed by atoms with Gasteiger partial charge in [-0.25, -0.2) is 0 Å². The highest BCUT2D eigenvalue weighted by molar-refractivity contribution is 9.10. The fraction of sp³-hybridized carbons (Fsp3) is 0.0769. The molecule has 0 aliphatic heterocycles. The van der Waals surface area contributed by atoms with Gasteiger partial charge in [-0.3, -0.25) is 0 Å². The van der Waals surface area contributed by atoms with Gasteiger partial charge in [0, 0.05) is 4.47 Å². The van der Waals surface area contributed by atoms with Crippen LogP contribution in [0, 0.1) is 0 Å². The van der Waals surface area contributed by atoms with Crippen molar-refractivity contribution in [3.05, 3.63) is 53.0 Å². The molecule has 2 rings (SSSR count). The zero-order valence-corrected chi connectivity index (χ0v) is 9.99. The summed E-state index contributed by atoms with van der Waals surface area (Å²) in [5.41, 5.74) is 2.38. The lowest BCUT2D eigenvalue weighted by Crippen LogP contribution is -1.83. The van der Waals surface area contributed by atoms with Gasteiger partial charge in [-0.1, -0.05) is 46.3 Å². The highest BCUT2D eigenvalue weighted by Gasteiger charge is 2.01. The van der Waals surface area contributed by atoms with Crippen molar-refractivity contribution in [1.82, 2.24) is 0 Å². The zero-order valence-electron chi connectivity index (χ0n) is 8.41. The molecular weight excluding hydrogens is 252 g/mol. The maximum absolute atomic E-state index is 5.12. The number of benzene rings is 2. The molecule has 0 aromatic heterocycles. The first-order valence-electron chi connectivity index (χ1n) is 4.70. The van der Waals surface area contributed by atoms with Crippen molar-refractivity contribution in [2.75, 3.05) is 7.11 Å². The molecule has 2 aromatic carbocycles. The molecule has 2 heteroatoms. The average Bonchev–Trinajstić information content (AvgIpc) is 2.30. The summed E-state index contributed by atoms with van der Waals surface area (Å²) >= 11 is 3.54. The van der Waals surface area contributed by atoms with Crippen molar-refractivity contribution in [1.29, 1.82) is 0 Å². The van der Waals surface area contributed by atoms with E-state index in [4.69, 9.17) is 4.74 Å². The standard InChI is InChI=1S/C13H11BrO/c1-15-11-8-6-10(7-9-11)12-4-2-3-5-13(12)14/h2-9H,1H3. The van der Waals surface area contributed by atoms with Gasteiger partial charge >= 0.3 is 0 Å². The van der Waals surface area contributed by atoms with Gasteiger partial charge in [0.1, 0.15) is 5.75 Å². The summed E-state index contributed by atoms with van der Waals surface area (Å²) in [6, 6.07) is 16.2. The van der Waals surface area contributed by atoms with Crippen LogP contribution >= 0.6 is 15.9 Å². The first-order chi connectivity index (χ1) is 7.31. The van der Waals surface area contributed by atoms with Crippen LogP contribution in [0.4, 0.5) is 0 Å². The molecule has 0 radical (unpaired) electrons. The van der Waals surface area contributed by atoms with E-state index in [0.29, 0.717) is 0 Å². The third-order valence-corrected chi connectivity index (χ3v) is 2.97. The van der Waals surface area contributed by atoms with E-state index >= 15 is 0 Å². The van der Waals surface area contributed by atoms with E-state index in [2.05, 4.69) is 34.1 Å². The van der Waals surface area contributed by atoms with E-state index < -0.39 is 0 Å². The first kappa shape index (κ1) is 10.2. The largest absolute Gasteiger partial charge is 0.497 e. The molecule has 0 N–H and O–H groups in total. The summed E-state index contributed by atoms with van der Waals surface area (Å²) in [6.07, 6.45) is 0. The maximum atomic E-state index is 5.12. The van der Waals surface area contributed by atoms with E-state index in [1.165, 1.54) is 11.1 Å². The van der Waals surface area contributed by atoms with Gasteiger partial charge in [0.15, 0.2) is 0 Å². The van der Waals surface area contributed by atoms with Crippen LogP contribution in [-0.2, 0) is 0 Å². The summed E-state index contributed by atoms with van der Waals surface area (Å²) in [5, 5.41) is 0. The molecule has 0 heterocycles.